The number of nitrogens with zero attached hydrogens (tertiary/aromatic N) is 1. The van der Waals surface area contributed by atoms with Crippen molar-refractivity contribution in [2.45, 2.75) is 32.5 Å². The maximum absolute atomic E-state index is 10.8. The first-order chi connectivity index (χ1) is 6.01. The van der Waals surface area contributed by atoms with E-state index in [1.165, 1.54) is 0 Å². The maximum atomic E-state index is 10.8. The summed E-state index contributed by atoms with van der Waals surface area (Å²) in [7, 11) is 5.76. The molecule has 0 bridgehead atoms. The van der Waals surface area contributed by atoms with Gasteiger partial charge in [-0.3, -0.25) is 0 Å². The monoisotopic (exact) mass is 203 g/mol. The van der Waals surface area contributed by atoms with Crippen LogP contribution in [0.3, 0.4) is 0 Å². The van der Waals surface area contributed by atoms with Gasteiger partial charge >= 0.3 is 0 Å². The van der Waals surface area contributed by atoms with Gasteiger partial charge in [0.2, 0.25) is 0 Å². The predicted molar refractivity (Wildman–Crippen MR) is 52.5 cm³/mol. The summed E-state index contributed by atoms with van der Waals surface area (Å²) in [6.07, 6.45) is -0.852. The highest BCUT2D eigenvalue weighted by Crippen LogP contribution is 2.12. The third-order valence-corrected chi connectivity index (χ3v) is 1.47. The molecule has 14 heavy (non-hydrogen) atoms. The van der Waals surface area contributed by atoms with Gasteiger partial charge < -0.3 is 19.1 Å². The Hall–Kier alpha value is -0.610. The van der Waals surface area contributed by atoms with Gasteiger partial charge in [0, 0.05) is 0 Å². The van der Waals surface area contributed by atoms with Crippen LogP contribution in [-0.2, 0) is 9.53 Å². The molecule has 0 aromatic heterocycles. The van der Waals surface area contributed by atoms with Crippen LogP contribution in [0.1, 0.15) is 20.8 Å². The van der Waals surface area contributed by atoms with E-state index in [9.17, 15) is 9.90 Å². The van der Waals surface area contributed by atoms with Gasteiger partial charge in [-0.15, -0.1) is 0 Å². The molecule has 1 atom stereocenters. The second-order valence-electron chi connectivity index (χ2n) is 5.51. The summed E-state index contributed by atoms with van der Waals surface area (Å²) < 4.78 is 5.93. The molecule has 0 fully saturated rings. The molecule has 0 aliphatic rings. The fraction of sp³-hybridized carbons (Fsp3) is 0.900. The molecule has 0 spiro atoms. The minimum Gasteiger partial charge on any atom is -0.547 e. The first-order valence-corrected chi connectivity index (χ1v) is 4.70. The van der Waals surface area contributed by atoms with Crippen LogP contribution in [0.5, 0.6) is 0 Å². The minimum absolute atomic E-state index is 0.402. The van der Waals surface area contributed by atoms with Crippen molar-refractivity contribution in [2.75, 3.05) is 27.7 Å². The van der Waals surface area contributed by atoms with Gasteiger partial charge in [-0.1, -0.05) is 0 Å². The second-order valence-corrected chi connectivity index (χ2v) is 5.51. The molecule has 0 aromatic rings. The number of carboxylic acids is 1. The Morgan fingerprint density at radius 2 is 1.79 bits per heavy atom. The van der Waals surface area contributed by atoms with E-state index >= 15 is 0 Å². The number of carbonyl (C=O) groups is 1. The first kappa shape index (κ1) is 13.4. The highest BCUT2D eigenvalue weighted by Gasteiger charge is 2.25. The Morgan fingerprint density at radius 3 is 2.00 bits per heavy atom. The number of hydrogen-bond acceptors (Lipinski definition) is 3. The first-order valence-electron chi connectivity index (χ1n) is 4.70. The lowest BCUT2D eigenvalue weighted by Gasteiger charge is -2.33. The van der Waals surface area contributed by atoms with E-state index in [1.54, 1.807) is 0 Å². The van der Waals surface area contributed by atoms with Crippen molar-refractivity contribution < 1.29 is 19.1 Å². The van der Waals surface area contributed by atoms with Crippen LogP contribution in [0.4, 0.5) is 0 Å². The Bertz CT molecular complexity index is 184. The van der Waals surface area contributed by atoms with Crippen molar-refractivity contribution >= 4 is 5.97 Å². The van der Waals surface area contributed by atoms with E-state index in [4.69, 9.17) is 4.74 Å². The van der Waals surface area contributed by atoms with Crippen molar-refractivity contribution in [3.63, 3.8) is 0 Å². The highest BCUT2D eigenvalue weighted by molar-refractivity contribution is 5.70. The van der Waals surface area contributed by atoms with Crippen molar-refractivity contribution in [1.82, 2.24) is 0 Å². The van der Waals surface area contributed by atoms with E-state index < -0.39 is 17.7 Å². The number of aliphatic carboxylic acids is 1. The molecule has 84 valence electrons. The van der Waals surface area contributed by atoms with Crippen molar-refractivity contribution in [3.05, 3.63) is 0 Å². The van der Waals surface area contributed by atoms with Gasteiger partial charge in [-0.05, 0) is 20.8 Å². The zero-order valence-electron chi connectivity index (χ0n) is 9.96. The van der Waals surface area contributed by atoms with Crippen LogP contribution in [-0.4, -0.2) is 49.8 Å². The van der Waals surface area contributed by atoms with Crippen LogP contribution in [0.15, 0.2) is 0 Å². The van der Waals surface area contributed by atoms with E-state index in [0.29, 0.717) is 11.0 Å². The van der Waals surface area contributed by atoms with Gasteiger partial charge in [-0.2, -0.15) is 0 Å². The summed E-state index contributed by atoms with van der Waals surface area (Å²) in [6, 6.07) is 0. The number of ether oxygens (including phenoxy) is 1. The lowest BCUT2D eigenvalue weighted by atomic mass is 10.2. The second kappa shape index (κ2) is 4.28. The molecular formula is C10H21NO3. The molecule has 0 rings (SSSR count). The molecule has 0 heterocycles. The Balaban J connectivity index is 4.40. The van der Waals surface area contributed by atoms with Crippen molar-refractivity contribution in [2.24, 2.45) is 0 Å². The predicted octanol–water partition coefficient (Wildman–Crippen LogP) is -0.374. The average Bonchev–Trinajstić information content (AvgIpc) is 1.78. The molecule has 4 nitrogen and oxygen atoms in total. The fourth-order valence-corrected chi connectivity index (χ4v) is 1.08. The number of likely N-dealkylation sites (N-methyl/N-ethyl adjacent to an activating group) is 1. The Labute approximate surface area is 86.1 Å². The van der Waals surface area contributed by atoms with Crippen LogP contribution in [0.25, 0.3) is 0 Å². The number of carbonyl (C=O) groups excluding carboxylic acids is 1. The molecule has 0 radical (unpaired) electrons. The number of carboxylic acid groups (broad SMARTS) is 1. The Kier molecular flexibility index (Phi) is 4.09. The summed E-state index contributed by atoms with van der Waals surface area (Å²) in [6.45, 7) is 5.90. The standard InChI is InChI=1S/C10H21NO3/c1-10(2,3)14-8(9(12)13)7-11(4,5)6/h8H,7H2,1-6H3. The summed E-state index contributed by atoms with van der Waals surface area (Å²) in [5.74, 6) is -1.15. The molecule has 0 saturated carbocycles. The Morgan fingerprint density at radius 1 is 1.36 bits per heavy atom. The largest absolute Gasteiger partial charge is 0.547 e. The minimum atomic E-state index is -1.15. The number of rotatable bonds is 4. The van der Waals surface area contributed by atoms with E-state index in [0.717, 1.165) is 0 Å². The average molecular weight is 203 g/mol. The van der Waals surface area contributed by atoms with Gasteiger partial charge in [0.15, 0.2) is 0 Å². The lowest BCUT2D eigenvalue weighted by molar-refractivity contribution is -0.873. The highest BCUT2D eigenvalue weighted by atomic mass is 16.5. The van der Waals surface area contributed by atoms with Crippen LogP contribution >= 0.6 is 0 Å². The third kappa shape index (κ3) is 6.86. The smallest absolute Gasteiger partial charge is 0.146 e. The number of quaternary nitrogens is 1. The molecule has 4 heteroatoms. The summed E-state index contributed by atoms with van der Waals surface area (Å²) in [5, 5.41) is 10.8. The normalized spacial score (nSPS) is 15.3. The molecule has 0 aliphatic carbocycles. The quantitative estimate of drug-likeness (QED) is 0.586. The molecule has 0 aromatic carbocycles. The summed E-state index contributed by atoms with van der Waals surface area (Å²) >= 11 is 0. The van der Waals surface area contributed by atoms with Crippen molar-refractivity contribution in [1.29, 1.82) is 0 Å². The summed E-state index contributed by atoms with van der Waals surface area (Å²) in [5.41, 5.74) is -0.458. The third-order valence-electron chi connectivity index (χ3n) is 1.47. The van der Waals surface area contributed by atoms with E-state index in [2.05, 4.69) is 0 Å². The van der Waals surface area contributed by atoms with Crippen LogP contribution in [0, 0.1) is 0 Å². The van der Waals surface area contributed by atoms with Gasteiger partial charge in [-0.25, -0.2) is 0 Å². The molecule has 0 amide bonds. The summed E-state index contributed by atoms with van der Waals surface area (Å²) in [4.78, 5) is 10.8. The van der Waals surface area contributed by atoms with E-state index in [-0.39, 0.29) is 0 Å². The zero-order chi connectivity index (χ0) is 11.6. The molecule has 0 aliphatic heterocycles. The SMILES string of the molecule is CC(C)(C)OC(C[N+](C)(C)C)C(=O)[O-]. The van der Waals surface area contributed by atoms with Crippen LogP contribution in [0.2, 0.25) is 0 Å². The number of hydrogen-bond donors (Lipinski definition) is 0. The fourth-order valence-electron chi connectivity index (χ4n) is 1.08. The molecule has 0 saturated heterocycles. The molecule has 1 unspecified atom stereocenters. The lowest BCUT2D eigenvalue weighted by Crippen LogP contribution is -2.52. The maximum Gasteiger partial charge on any atom is 0.146 e. The zero-order valence-corrected chi connectivity index (χ0v) is 9.96. The van der Waals surface area contributed by atoms with E-state index in [1.807, 2.05) is 41.9 Å². The molecular weight excluding hydrogens is 182 g/mol. The van der Waals surface area contributed by atoms with Gasteiger partial charge in [0.1, 0.15) is 12.6 Å². The van der Waals surface area contributed by atoms with Gasteiger partial charge in [0.05, 0.1) is 32.7 Å². The van der Waals surface area contributed by atoms with Crippen LogP contribution < -0.4 is 5.11 Å². The topological polar surface area (TPSA) is 49.4 Å². The molecule has 0 N–H and O–H groups in total. The van der Waals surface area contributed by atoms with Crippen molar-refractivity contribution in [3.8, 4) is 0 Å². The van der Waals surface area contributed by atoms with Gasteiger partial charge in [0.25, 0.3) is 0 Å².